The first-order valence-electron chi connectivity index (χ1n) is 11.8. The van der Waals surface area contributed by atoms with Gasteiger partial charge >= 0.3 is 6.18 Å². The number of carbonyl (C=O) groups is 1. The first kappa shape index (κ1) is 24.4. The molecule has 1 aromatic rings. The number of alkyl halides is 3. The van der Waals surface area contributed by atoms with Crippen molar-refractivity contribution in [2.45, 2.75) is 76.9 Å². The minimum Gasteiger partial charge on any atom is -0.379 e. The van der Waals surface area contributed by atoms with Crippen molar-refractivity contribution in [2.24, 2.45) is 11.3 Å². The number of amides is 1. The molecule has 0 bridgehead atoms. The lowest BCUT2D eigenvalue weighted by molar-refractivity contribution is -0.146. The summed E-state index contributed by atoms with van der Waals surface area (Å²) in [6, 6.07) is 1.55. The summed E-state index contributed by atoms with van der Waals surface area (Å²) < 4.78 is 50.6. The third-order valence-corrected chi connectivity index (χ3v) is 7.79. The van der Waals surface area contributed by atoms with Crippen LogP contribution in [0.3, 0.4) is 0 Å². The average Bonchev–Trinajstić information content (AvgIpc) is 3.23. The summed E-state index contributed by atoms with van der Waals surface area (Å²) >= 11 is 0. The molecule has 3 heterocycles. The van der Waals surface area contributed by atoms with Crippen molar-refractivity contribution < 1.29 is 27.4 Å². The summed E-state index contributed by atoms with van der Waals surface area (Å²) in [6.45, 7) is 6.09. The first-order valence-corrected chi connectivity index (χ1v) is 11.8. The van der Waals surface area contributed by atoms with E-state index in [1.54, 1.807) is 12.0 Å². The summed E-state index contributed by atoms with van der Waals surface area (Å²) in [5.74, 6) is 0.186. The molecule has 9 heteroatoms. The van der Waals surface area contributed by atoms with Gasteiger partial charge in [0.05, 0.1) is 23.7 Å². The molecule has 6 nitrogen and oxygen atoms in total. The second-order valence-corrected chi connectivity index (χ2v) is 9.97. The van der Waals surface area contributed by atoms with Crippen molar-refractivity contribution >= 4 is 5.91 Å². The number of ether oxygens (including phenoxy) is 2. The largest absolute Gasteiger partial charge is 0.417 e. The second kappa shape index (κ2) is 9.50. The quantitative estimate of drug-likeness (QED) is 0.714. The van der Waals surface area contributed by atoms with Gasteiger partial charge in [0.25, 0.3) is 0 Å². The zero-order valence-corrected chi connectivity index (χ0v) is 19.6. The van der Waals surface area contributed by atoms with Gasteiger partial charge in [-0.1, -0.05) is 13.8 Å². The summed E-state index contributed by atoms with van der Waals surface area (Å²) in [6.07, 6.45) is 0.180. The standard InChI is InChI=1S/C24H34F3N3O3/c1-15(2)23(7-4-18(11-23)29-20-6-9-33-14-21(20)32-3)22(31)30-8-5-19-16(13-30)10-17(12-28-19)24(25,26)27/h10,12,15,18,20-21,29H,4-9,11,13-14H2,1-3H3/t18-,20-,21-,23-/m1/s1. The number of hydrogen-bond donors (Lipinski definition) is 1. The summed E-state index contributed by atoms with van der Waals surface area (Å²) in [4.78, 5) is 19.6. The van der Waals surface area contributed by atoms with E-state index in [0.717, 1.165) is 37.9 Å². The van der Waals surface area contributed by atoms with Crippen LogP contribution in [-0.2, 0) is 33.4 Å². The van der Waals surface area contributed by atoms with Crippen LogP contribution >= 0.6 is 0 Å². The van der Waals surface area contributed by atoms with E-state index in [9.17, 15) is 18.0 Å². The van der Waals surface area contributed by atoms with Crippen molar-refractivity contribution in [1.29, 1.82) is 0 Å². The van der Waals surface area contributed by atoms with Crippen LogP contribution in [0, 0.1) is 11.3 Å². The van der Waals surface area contributed by atoms with Gasteiger partial charge < -0.3 is 19.7 Å². The number of nitrogens with one attached hydrogen (secondary N) is 1. The lowest BCUT2D eigenvalue weighted by Crippen LogP contribution is -2.52. The minimum absolute atomic E-state index is 0.00238. The van der Waals surface area contributed by atoms with Crippen LogP contribution in [0.25, 0.3) is 0 Å². The number of nitrogens with zero attached hydrogens (tertiary/aromatic N) is 2. The van der Waals surface area contributed by atoms with Crippen LogP contribution in [-0.4, -0.2) is 60.8 Å². The van der Waals surface area contributed by atoms with Crippen LogP contribution in [0.15, 0.2) is 12.3 Å². The van der Waals surface area contributed by atoms with Gasteiger partial charge in [0.1, 0.15) is 0 Å². The second-order valence-electron chi connectivity index (χ2n) is 9.97. The maximum Gasteiger partial charge on any atom is 0.417 e. The Balaban J connectivity index is 1.48. The molecular weight excluding hydrogens is 435 g/mol. The van der Waals surface area contributed by atoms with E-state index >= 15 is 0 Å². The molecule has 1 saturated heterocycles. The molecule has 0 radical (unpaired) electrons. The molecule has 1 amide bonds. The van der Waals surface area contributed by atoms with Gasteiger partial charge in [-0.25, -0.2) is 0 Å². The Morgan fingerprint density at radius 2 is 2.15 bits per heavy atom. The van der Waals surface area contributed by atoms with Crippen molar-refractivity contribution in [3.8, 4) is 0 Å². The molecule has 2 aliphatic heterocycles. The smallest absolute Gasteiger partial charge is 0.379 e. The van der Waals surface area contributed by atoms with Crippen LogP contribution in [0.4, 0.5) is 13.2 Å². The predicted molar refractivity (Wildman–Crippen MR) is 116 cm³/mol. The fourth-order valence-electron chi connectivity index (χ4n) is 5.69. The molecule has 0 spiro atoms. The highest BCUT2D eigenvalue weighted by molar-refractivity contribution is 5.83. The fraction of sp³-hybridized carbons (Fsp3) is 0.750. The molecule has 33 heavy (non-hydrogen) atoms. The van der Waals surface area contributed by atoms with Crippen LogP contribution in [0.1, 0.15) is 56.4 Å². The predicted octanol–water partition coefficient (Wildman–Crippen LogP) is 3.57. The van der Waals surface area contributed by atoms with Gasteiger partial charge in [0.15, 0.2) is 0 Å². The number of rotatable bonds is 5. The molecule has 184 valence electrons. The van der Waals surface area contributed by atoms with E-state index in [0.29, 0.717) is 37.4 Å². The molecule has 0 unspecified atom stereocenters. The molecule has 1 aliphatic carbocycles. The normalized spacial score (nSPS) is 30.5. The van der Waals surface area contributed by atoms with E-state index in [1.807, 2.05) is 0 Å². The third-order valence-electron chi connectivity index (χ3n) is 7.79. The van der Waals surface area contributed by atoms with Crippen LogP contribution in [0.2, 0.25) is 0 Å². The molecule has 1 N–H and O–H groups in total. The van der Waals surface area contributed by atoms with E-state index < -0.39 is 17.2 Å². The van der Waals surface area contributed by atoms with Gasteiger partial charge in [0, 0.05) is 57.2 Å². The number of aromatic nitrogens is 1. The summed E-state index contributed by atoms with van der Waals surface area (Å²) in [7, 11) is 1.69. The van der Waals surface area contributed by atoms with Crippen molar-refractivity contribution in [2.75, 3.05) is 26.9 Å². The van der Waals surface area contributed by atoms with Crippen LogP contribution < -0.4 is 5.32 Å². The Bertz CT molecular complexity index is 863. The van der Waals surface area contributed by atoms with E-state index in [4.69, 9.17) is 9.47 Å². The number of halogens is 3. The lowest BCUT2D eigenvalue weighted by atomic mass is 9.74. The molecule has 3 aliphatic rings. The highest BCUT2D eigenvalue weighted by atomic mass is 19.4. The Kier molecular flexibility index (Phi) is 7.03. The molecule has 4 atom stereocenters. The van der Waals surface area contributed by atoms with Crippen LogP contribution in [0.5, 0.6) is 0 Å². The number of hydrogen-bond acceptors (Lipinski definition) is 5. The topological polar surface area (TPSA) is 63.7 Å². The molecule has 0 aromatic carbocycles. The lowest BCUT2D eigenvalue weighted by Gasteiger charge is -2.40. The van der Waals surface area contributed by atoms with E-state index in [1.165, 1.54) is 0 Å². The zero-order chi connectivity index (χ0) is 23.8. The van der Waals surface area contributed by atoms with Gasteiger partial charge in [-0.05, 0) is 43.2 Å². The van der Waals surface area contributed by atoms with E-state index in [-0.39, 0.29) is 36.6 Å². The minimum atomic E-state index is -4.44. The third kappa shape index (κ3) is 4.91. The van der Waals surface area contributed by atoms with Gasteiger partial charge in [-0.2, -0.15) is 13.2 Å². The Morgan fingerprint density at radius 3 is 2.85 bits per heavy atom. The van der Waals surface area contributed by atoms with Gasteiger partial charge in [-0.3, -0.25) is 9.78 Å². The summed E-state index contributed by atoms with van der Waals surface area (Å²) in [5.41, 5.74) is -0.121. The molecular formula is C24H34F3N3O3. The SMILES string of the molecule is CO[C@@H]1COCC[C@H]1N[C@@H]1CC[C@](C(=O)N2CCc3ncc(C(F)(F)F)cc3C2)(C(C)C)C1. The molecule has 1 saturated carbocycles. The first-order chi connectivity index (χ1) is 15.6. The van der Waals surface area contributed by atoms with Crippen molar-refractivity contribution in [1.82, 2.24) is 15.2 Å². The fourth-order valence-corrected chi connectivity index (χ4v) is 5.69. The molecule has 4 rings (SSSR count). The number of fused-ring (bicyclic) bond motifs is 1. The highest BCUT2D eigenvalue weighted by Gasteiger charge is 2.50. The Hall–Kier alpha value is -1.71. The van der Waals surface area contributed by atoms with Gasteiger partial charge in [-0.15, -0.1) is 0 Å². The molecule has 2 fully saturated rings. The maximum absolute atomic E-state index is 13.8. The van der Waals surface area contributed by atoms with Gasteiger partial charge in [0.2, 0.25) is 5.91 Å². The zero-order valence-electron chi connectivity index (χ0n) is 19.6. The average molecular weight is 470 g/mol. The van der Waals surface area contributed by atoms with E-state index in [2.05, 4.69) is 24.1 Å². The monoisotopic (exact) mass is 469 g/mol. The number of carbonyl (C=O) groups excluding carboxylic acids is 1. The Morgan fingerprint density at radius 1 is 1.36 bits per heavy atom. The number of pyridine rings is 1. The maximum atomic E-state index is 13.8. The highest BCUT2D eigenvalue weighted by Crippen LogP contribution is 2.47. The summed E-state index contributed by atoms with van der Waals surface area (Å²) in [5, 5.41) is 3.72. The Labute approximate surface area is 193 Å². The van der Waals surface area contributed by atoms with Crippen molar-refractivity contribution in [3.63, 3.8) is 0 Å². The number of methoxy groups -OCH3 is 1. The van der Waals surface area contributed by atoms with Crippen molar-refractivity contribution in [3.05, 3.63) is 29.1 Å². The molecule has 1 aromatic heterocycles.